The van der Waals surface area contributed by atoms with Gasteiger partial charge in [0.25, 0.3) is 0 Å². The van der Waals surface area contributed by atoms with Crippen LogP contribution in [0.3, 0.4) is 0 Å². The highest BCUT2D eigenvalue weighted by Crippen LogP contribution is 2.37. The molecule has 8 nitrogen and oxygen atoms in total. The van der Waals surface area contributed by atoms with Crippen molar-refractivity contribution in [3.8, 4) is 5.75 Å². The Morgan fingerprint density at radius 3 is 2.61 bits per heavy atom. The van der Waals surface area contributed by atoms with Crippen LogP contribution in [-0.4, -0.2) is 35.6 Å². The van der Waals surface area contributed by atoms with Crippen LogP contribution in [0.5, 0.6) is 5.75 Å². The van der Waals surface area contributed by atoms with Gasteiger partial charge in [0, 0.05) is 19.9 Å². The van der Waals surface area contributed by atoms with Crippen molar-refractivity contribution in [3.05, 3.63) is 35.5 Å². The molecule has 1 saturated carbocycles. The topological polar surface area (TPSA) is 97.6 Å². The Kier molecular flexibility index (Phi) is 5.98. The molecule has 1 aliphatic heterocycles. The van der Waals surface area contributed by atoms with Crippen molar-refractivity contribution in [2.75, 3.05) is 18.6 Å². The molecule has 1 saturated heterocycles. The maximum atomic E-state index is 13.3. The van der Waals surface area contributed by atoms with Crippen molar-refractivity contribution in [1.82, 2.24) is 15.5 Å². The van der Waals surface area contributed by atoms with Crippen LogP contribution in [0, 0.1) is 19.8 Å². The number of carbonyl (C=O) groups excluding carboxylic acids is 2. The summed E-state index contributed by atoms with van der Waals surface area (Å²) in [6.07, 6.45) is 5.94. The van der Waals surface area contributed by atoms with Crippen molar-refractivity contribution in [2.45, 2.75) is 64.3 Å². The van der Waals surface area contributed by atoms with Crippen LogP contribution in [0.25, 0.3) is 0 Å². The molecule has 0 unspecified atom stereocenters. The largest absolute Gasteiger partial charge is 0.495 e. The van der Waals surface area contributed by atoms with E-state index in [1.165, 1.54) is 0 Å². The highest BCUT2D eigenvalue weighted by atomic mass is 16.5. The minimum absolute atomic E-state index is 0.0747. The van der Waals surface area contributed by atoms with Gasteiger partial charge in [0.15, 0.2) is 5.82 Å². The molecule has 8 heteroatoms. The van der Waals surface area contributed by atoms with Crippen molar-refractivity contribution < 1.29 is 18.8 Å². The van der Waals surface area contributed by atoms with Crippen LogP contribution in [0.4, 0.5) is 5.69 Å². The summed E-state index contributed by atoms with van der Waals surface area (Å²) >= 11 is 0. The van der Waals surface area contributed by atoms with E-state index in [4.69, 9.17) is 9.26 Å². The van der Waals surface area contributed by atoms with E-state index in [0.717, 1.165) is 44.1 Å². The summed E-state index contributed by atoms with van der Waals surface area (Å²) in [5, 5.41) is 7.39. The Labute approximate surface area is 182 Å². The second-order valence-electron chi connectivity index (χ2n) is 8.70. The zero-order valence-electron chi connectivity index (χ0n) is 18.4. The maximum absolute atomic E-state index is 13.3. The van der Waals surface area contributed by atoms with Gasteiger partial charge in [-0.2, -0.15) is 4.98 Å². The molecule has 1 aromatic heterocycles. The summed E-state index contributed by atoms with van der Waals surface area (Å²) in [5.41, 5.74) is 1.10. The lowest BCUT2D eigenvalue weighted by molar-refractivity contribution is -0.128. The number of hydrogen-bond acceptors (Lipinski definition) is 6. The molecule has 4 rings (SSSR count). The normalized spacial score (nSPS) is 21.1. The number of rotatable bonds is 5. The minimum Gasteiger partial charge on any atom is -0.495 e. The molecule has 2 heterocycles. The molecule has 1 N–H and O–H groups in total. The fourth-order valence-corrected chi connectivity index (χ4v) is 4.70. The number of amides is 2. The summed E-state index contributed by atoms with van der Waals surface area (Å²) in [7, 11) is 1.58. The summed E-state index contributed by atoms with van der Waals surface area (Å²) in [5.74, 6) is 1.01. The number of aromatic nitrogens is 2. The molecule has 0 bridgehead atoms. The first-order chi connectivity index (χ1) is 14.9. The van der Waals surface area contributed by atoms with Crippen molar-refractivity contribution in [1.29, 1.82) is 0 Å². The monoisotopic (exact) mass is 426 g/mol. The number of benzene rings is 1. The lowest BCUT2D eigenvalue weighted by Crippen LogP contribution is -2.49. The molecule has 1 aromatic carbocycles. The Hall–Kier alpha value is -2.90. The smallest absolute Gasteiger partial charge is 0.227 e. The third kappa shape index (κ3) is 4.29. The van der Waals surface area contributed by atoms with Crippen LogP contribution in [0.15, 0.2) is 22.7 Å². The molecule has 2 aromatic rings. The fraction of sp³-hybridized carbons (Fsp3) is 0.565. The van der Waals surface area contributed by atoms with E-state index in [1.54, 1.807) is 18.9 Å². The number of aryl methyl sites for hydroxylation is 2. The number of nitrogens with one attached hydrogen (secondary N) is 1. The van der Waals surface area contributed by atoms with E-state index in [-0.39, 0.29) is 18.2 Å². The van der Waals surface area contributed by atoms with E-state index in [2.05, 4.69) is 15.5 Å². The first-order valence-electron chi connectivity index (χ1n) is 11.0. The van der Waals surface area contributed by atoms with Gasteiger partial charge in [-0.3, -0.25) is 9.59 Å². The summed E-state index contributed by atoms with van der Waals surface area (Å²) in [6, 6.07) is 5.71. The van der Waals surface area contributed by atoms with Gasteiger partial charge in [0.1, 0.15) is 11.3 Å². The highest BCUT2D eigenvalue weighted by molar-refractivity contribution is 6.01. The van der Waals surface area contributed by atoms with E-state index in [0.29, 0.717) is 29.7 Å². The molecular formula is C23H30N4O4. The quantitative estimate of drug-likeness (QED) is 0.736. The van der Waals surface area contributed by atoms with Crippen LogP contribution >= 0.6 is 0 Å². The van der Waals surface area contributed by atoms with Gasteiger partial charge in [-0.25, -0.2) is 0 Å². The lowest BCUT2D eigenvalue weighted by atomic mass is 9.88. The van der Waals surface area contributed by atoms with Crippen molar-refractivity contribution in [3.63, 3.8) is 0 Å². The zero-order valence-corrected chi connectivity index (χ0v) is 18.4. The standard InChI is InChI=1S/C23H30N4O4/c1-15-8-9-19(30-3)18(12-15)27-14-17(13-20(27)28)21(29)25-23(10-6-4-5-7-11-23)22-24-16(2)31-26-22/h8-9,12,17H,4-7,10-11,13-14H2,1-3H3,(H,25,29)/t17-/m0/s1. The third-order valence-corrected chi connectivity index (χ3v) is 6.40. The summed E-state index contributed by atoms with van der Waals surface area (Å²) < 4.78 is 10.7. The van der Waals surface area contributed by atoms with E-state index < -0.39 is 11.5 Å². The predicted octanol–water partition coefficient (Wildman–Crippen LogP) is 3.41. The second-order valence-corrected chi connectivity index (χ2v) is 8.70. The number of hydrogen-bond donors (Lipinski definition) is 1. The number of nitrogens with zero attached hydrogens (tertiary/aromatic N) is 3. The van der Waals surface area contributed by atoms with Crippen molar-refractivity contribution >= 4 is 17.5 Å². The summed E-state index contributed by atoms with van der Waals surface area (Å²) in [6.45, 7) is 4.05. The molecule has 1 aliphatic carbocycles. The summed E-state index contributed by atoms with van der Waals surface area (Å²) in [4.78, 5) is 32.3. The number of carbonyl (C=O) groups is 2. The van der Waals surface area contributed by atoms with Crippen LogP contribution in [0.2, 0.25) is 0 Å². The fourth-order valence-electron chi connectivity index (χ4n) is 4.70. The number of ether oxygens (including phenoxy) is 1. The maximum Gasteiger partial charge on any atom is 0.227 e. The first kappa shape index (κ1) is 21.3. The second kappa shape index (κ2) is 8.69. The van der Waals surface area contributed by atoms with Crippen LogP contribution in [0.1, 0.15) is 62.2 Å². The molecular weight excluding hydrogens is 396 g/mol. The SMILES string of the molecule is COc1ccc(C)cc1N1C[C@@H](C(=O)NC2(c3noc(C)n3)CCCCCC2)CC1=O. The molecule has 166 valence electrons. The molecule has 2 amide bonds. The van der Waals surface area contributed by atoms with Gasteiger partial charge in [0.05, 0.1) is 18.7 Å². The molecule has 1 atom stereocenters. The Balaban J connectivity index is 1.55. The molecule has 0 spiro atoms. The Bertz CT molecular complexity index is 962. The Morgan fingerprint density at radius 1 is 1.23 bits per heavy atom. The van der Waals surface area contributed by atoms with Gasteiger partial charge >= 0.3 is 0 Å². The zero-order chi connectivity index (χ0) is 22.0. The average molecular weight is 427 g/mol. The molecule has 2 aliphatic rings. The number of anilines is 1. The highest BCUT2D eigenvalue weighted by Gasteiger charge is 2.43. The predicted molar refractivity (Wildman–Crippen MR) is 115 cm³/mol. The minimum atomic E-state index is -0.636. The van der Waals surface area contributed by atoms with E-state index >= 15 is 0 Å². The molecule has 2 fully saturated rings. The van der Waals surface area contributed by atoms with Gasteiger partial charge in [-0.1, -0.05) is 36.9 Å². The van der Waals surface area contributed by atoms with Gasteiger partial charge in [-0.15, -0.1) is 0 Å². The van der Waals surface area contributed by atoms with Crippen molar-refractivity contribution in [2.24, 2.45) is 5.92 Å². The first-order valence-corrected chi connectivity index (χ1v) is 11.0. The molecule has 31 heavy (non-hydrogen) atoms. The third-order valence-electron chi connectivity index (χ3n) is 6.40. The van der Waals surface area contributed by atoms with E-state index in [1.807, 2.05) is 25.1 Å². The lowest BCUT2D eigenvalue weighted by Gasteiger charge is -2.32. The van der Waals surface area contributed by atoms with E-state index in [9.17, 15) is 9.59 Å². The number of methoxy groups -OCH3 is 1. The van der Waals surface area contributed by atoms with Crippen LogP contribution in [-0.2, 0) is 15.1 Å². The van der Waals surface area contributed by atoms with Gasteiger partial charge in [0.2, 0.25) is 17.7 Å². The van der Waals surface area contributed by atoms with Gasteiger partial charge in [-0.05, 0) is 37.5 Å². The van der Waals surface area contributed by atoms with Gasteiger partial charge < -0.3 is 19.5 Å². The molecule has 0 radical (unpaired) electrons. The Morgan fingerprint density at radius 2 is 1.97 bits per heavy atom. The average Bonchev–Trinajstić information content (AvgIpc) is 3.28. The van der Waals surface area contributed by atoms with Crippen LogP contribution < -0.4 is 15.0 Å².